The Bertz CT molecular complexity index is 609. The Balaban J connectivity index is 2.92. The quantitative estimate of drug-likeness (QED) is 0.786. The van der Waals surface area contributed by atoms with E-state index >= 15 is 0 Å². The number of rotatable bonds is 2. The van der Waals surface area contributed by atoms with Gasteiger partial charge in [0.05, 0.1) is 11.1 Å². The zero-order valence-electron chi connectivity index (χ0n) is 9.02. The molecule has 0 atom stereocenters. The van der Waals surface area contributed by atoms with Crippen molar-refractivity contribution in [3.63, 3.8) is 0 Å². The van der Waals surface area contributed by atoms with Gasteiger partial charge in [0.15, 0.2) is 0 Å². The predicted molar refractivity (Wildman–Crippen MR) is 64.3 cm³/mol. The lowest BCUT2D eigenvalue weighted by Gasteiger charge is -2.12. The Morgan fingerprint density at radius 3 is 2.56 bits per heavy atom. The lowest BCUT2D eigenvalue weighted by molar-refractivity contribution is 0.0698. The van der Waals surface area contributed by atoms with Gasteiger partial charge in [0.1, 0.15) is 7.14 Å². The number of hydrogen-bond acceptors (Lipinski definition) is 2. The number of aromatic nitrogens is 1. The van der Waals surface area contributed by atoms with Gasteiger partial charge in [-0.1, -0.05) is 6.07 Å². The molecule has 0 radical (unpaired) electrons. The molecule has 4 nitrogen and oxygen atoms in total. The van der Waals surface area contributed by atoms with E-state index in [1.165, 1.54) is 6.07 Å². The molecule has 5 heteroatoms. The minimum absolute atomic E-state index is 0.114. The summed E-state index contributed by atoms with van der Waals surface area (Å²) in [6.07, 6.45) is 1.72. The van der Waals surface area contributed by atoms with E-state index in [4.69, 9.17) is 5.11 Å². The summed E-state index contributed by atoms with van der Waals surface area (Å²) in [5, 5.41) is 10.4. The Morgan fingerprint density at radius 1 is 1.31 bits per heavy atom. The van der Waals surface area contributed by atoms with Gasteiger partial charge in [0.25, 0.3) is 0 Å². The summed E-state index contributed by atoms with van der Waals surface area (Å²) < 4.78 is 12.2. The van der Waals surface area contributed by atoms with Crippen LogP contribution in [0, 0.1) is 0 Å². The van der Waals surface area contributed by atoms with Gasteiger partial charge >= 0.3 is 5.97 Å². The molecule has 0 saturated carbocycles. The van der Waals surface area contributed by atoms with Gasteiger partial charge in [-0.3, -0.25) is 0 Å². The molecule has 16 heavy (non-hydrogen) atoms. The lowest BCUT2D eigenvalue weighted by Crippen LogP contribution is -2.16. The normalized spacial score (nSPS) is 11.9. The third-order valence-corrected chi connectivity index (χ3v) is 4.01. The summed E-state index contributed by atoms with van der Waals surface area (Å²) in [5.41, 5.74) is 0.775. The van der Waals surface area contributed by atoms with Crippen LogP contribution in [0.15, 0.2) is 24.4 Å². The molecule has 1 heterocycles. The van der Waals surface area contributed by atoms with E-state index in [0.717, 1.165) is 5.39 Å². The number of hydrogen-bond donors (Lipinski definition) is 2. The molecule has 2 rings (SSSR count). The first kappa shape index (κ1) is 11.0. The van der Waals surface area contributed by atoms with Gasteiger partial charge in [0.2, 0.25) is 0 Å². The summed E-state index contributed by atoms with van der Waals surface area (Å²) in [6, 6.07) is 5.06. The van der Waals surface area contributed by atoms with E-state index in [1.807, 2.05) is 6.07 Å². The fraction of sp³-hybridized carbons (Fsp3) is 0.182. The molecule has 2 N–H and O–H groups in total. The van der Waals surface area contributed by atoms with E-state index in [0.29, 0.717) is 10.8 Å². The molecule has 0 amide bonds. The minimum atomic E-state index is -2.63. The number of H-pyrrole nitrogens is 1. The fourth-order valence-electron chi connectivity index (χ4n) is 1.84. The van der Waals surface area contributed by atoms with Crippen LogP contribution in [0.4, 0.5) is 0 Å². The van der Waals surface area contributed by atoms with Crippen LogP contribution in [0.25, 0.3) is 10.9 Å². The van der Waals surface area contributed by atoms with Crippen LogP contribution in [-0.2, 0) is 4.57 Å². The summed E-state index contributed by atoms with van der Waals surface area (Å²) in [5.74, 6) is -1.05. The maximum atomic E-state index is 12.2. The molecule has 0 aliphatic heterocycles. The number of fused-ring (bicyclic) bond motifs is 1. The lowest BCUT2D eigenvalue weighted by atomic mass is 10.1. The highest BCUT2D eigenvalue weighted by Gasteiger charge is 2.23. The molecule has 84 valence electrons. The summed E-state index contributed by atoms with van der Waals surface area (Å²) >= 11 is 0. The molecular formula is C11H12NO3P. The Kier molecular flexibility index (Phi) is 2.39. The van der Waals surface area contributed by atoms with E-state index in [9.17, 15) is 9.36 Å². The first-order valence-corrected chi connectivity index (χ1v) is 7.40. The number of carboxylic acid groups (broad SMARTS) is 1. The molecule has 1 aromatic heterocycles. The maximum absolute atomic E-state index is 12.2. The number of aromatic carboxylic acids is 1. The molecule has 1 aromatic carbocycles. The third kappa shape index (κ3) is 1.65. The maximum Gasteiger partial charge on any atom is 0.336 e. The highest BCUT2D eigenvalue weighted by Crippen LogP contribution is 2.38. The number of carbonyl (C=O) groups is 1. The second kappa shape index (κ2) is 3.49. The minimum Gasteiger partial charge on any atom is -0.478 e. The molecule has 2 aromatic rings. The summed E-state index contributed by atoms with van der Waals surface area (Å²) in [4.78, 5) is 14.1. The van der Waals surface area contributed by atoms with Crippen LogP contribution in [0.3, 0.4) is 0 Å². The van der Waals surface area contributed by atoms with Gasteiger partial charge < -0.3 is 14.7 Å². The Hall–Kier alpha value is -1.54. The summed E-state index contributed by atoms with van der Waals surface area (Å²) in [7, 11) is -2.63. The van der Waals surface area contributed by atoms with Crippen molar-refractivity contribution < 1.29 is 14.5 Å². The molecule has 0 aliphatic rings. The van der Waals surface area contributed by atoms with Crippen LogP contribution in [-0.4, -0.2) is 29.4 Å². The highest BCUT2D eigenvalue weighted by molar-refractivity contribution is 7.70. The first-order chi connectivity index (χ1) is 7.41. The van der Waals surface area contributed by atoms with Crippen molar-refractivity contribution in [1.82, 2.24) is 4.98 Å². The largest absolute Gasteiger partial charge is 0.478 e. The SMILES string of the molecule is CP(C)(=O)c1c(C(=O)O)ccc2cc[nH]c12. The predicted octanol–water partition coefficient (Wildman–Crippen LogP) is 2.11. The van der Waals surface area contributed by atoms with Crippen molar-refractivity contribution in [2.75, 3.05) is 13.3 Å². The van der Waals surface area contributed by atoms with Crippen LogP contribution in [0.1, 0.15) is 10.4 Å². The van der Waals surface area contributed by atoms with E-state index in [2.05, 4.69) is 4.98 Å². The average Bonchev–Trinajstić information content (AvgIpc) is 2.61. The van der Waals surface area contributed by atoms with Crippen LogP contribution in [0.2, 0.25) is 0 Å². The molecule has 0 aliphatic carbocycles. The Labute approximate surface area is 92.7 Å². The van der Waals surface area contributed by atoms with Crippen molar-refractivity contribution >= 4 is 29.3 Å². The fourth-order valence-corrected chi connectivity index (χ4v) is 3.33. The molecule has 0 bridgehead atoms. The number of nitrogens with one attached hydrogen (secondary N) is 1. The monoisotopic (exact) mass is 237 g/mol. The number of carboxylic acids is 1. The molecule has 0 unspecified atom stereocenters. The molecular weight excluding hydrogens is 225 g/mol. The number of benzene rings is 1. The van der Waals surface area contributed by atoms with E-state index in [1.54, 1.807) is 25.6 Å². The van der Waals surface area contributed by atoms with Gasteiger partial charge in [-0.05, 0) is 25.5 Å². The topological polar surface area (TPSA) is 70.2 Å². The van der Waals surface area contributed by atoms with Gasteiger partial charge in [-0.15, -0.1) is 0 Å². The summed E-state index contributed by atoms with van der Waals surface area (Å²) in [6.45, 7) is 3.16. The van der Waals surface area contributed by atoms with Crippen LogP contribution >= 0.6 is 7.14 Å². The second-order valence-electron chi connectivity index (χ2n) is 4.06. The number of aromatic amines is 1. The molecule has 0 saturated heterocycles. The van der Waals surface area contributed by atoms with Crippen molar-refractivity contribution in [1.29, 1.82) is 0 Å². The van der Waals surface area contributed by atoms with Crippen LogP contribution < -0.4 is 5.30 Å². The highest BCUT2D eigenvalue weighted by atomic mass is 31.2. The van der Waals surface area contributed by atoms with Gasteiger partial charge in [0, 0.05) is 16.9 Å². The second-order valence-corrected chi connectivity index (χ2v) is 7.21. The standard InChI is InChI=1S/C11H12NO3P/c1-16(2,15)10-8(11(13)14)4-3-7-5-6-12-9(7)10/h3-6,12H,1-2H3,(H,13,14). The van der Waals surface area contributed by atoms with Crippen molar-refractivity contribution in [2.45, 2.75) is 0 Å². The van der Waals surface area contributed by atoms with E-state index in [-0.39, 0.29) is 5.56 Å². The Morgan fingerprint density at radius 2 is 2.00 bits per heavy atom. The van der Waals surface area contributed by atoms with Gasteiger partial charge in [-0.25, -0.2) is 4.79 Å². The smallest absolute Gasteiger partial charge is 0.336 e. The third-order valence-electron chi connectivity index (χ3n) is 2.47. The van der Waals surface area contributed by atoms with Gasteiger partial charge in [-0.2, -0.15) is 0 Å². The average molecular weight is 237 g/mol. The van der Waals surface area contributed by atoms with Crippen molar-refractivity contribution in [3.8, 4) is 0 Å². The van der Waals surface area contributed by atoms with Crippen LogP contribution in [0.5, 0.6) is 0 Å². The van der Waals surface area contributed by atoms with E-state index < -0.39 is 13.1 Å². The molecule has 0 fully saturated rings. The zero-order valence-corrected chi connectivity index (χ0v) is 9.91. The zero-order chi connectivity index (χ0) is 11.9. The molecule has 0 spiro atoms. The first-order valence-electron chi connectivity index (χ1n) is 4.80. The van der Waals surface area contributed by atoms with Crippen molar-refractivity contribution in [3.05, 3.63) is 30.0 Å². The van der Waals surface area contributed by atoms with Crippen molar-refractivity contribution in [2.24, 2.45) is 0 Å².